The number of halogens is 3. The van der Waals surface area contributed by atoms with E-state index in [1.54, 1.807) is 0 Å². The number of rotatable bonds is 5. The predicted molar refractivity (Wildman–Crippen MR) is 70.0 cm³/mol. The second kappa shape index (κ2) is 7.03. The molecule has 4 nitrogen and oxygen atoms in total. The minimum Gasteiger partial charge on any atom is -0.370 e. The monoisotopic (exact) mass is 296 g/mol. The first-order valence-corrected chi connectivity index (χ1v) is 5.90. The van der Waals surface area contributed by atoms with Crippen LogP contribution in [0.1, 0.15) is 0 Å². The fraction of sp³-hybridized carbons (Fsp3) is 0.300. The van der Waals surface area contributed by atoms with Crippen molar-refractivity contribution in [3.8, 4) is 0 Å². The molecule has 17 heavy (non-hydrogen) atoms. The van der Waals surface area contributed by atoms with E-state index in [0.29, 0.717) is 23.9 Å². The fourth-order valence-corrected chi connectivity index (χ4v) is 2.00. The lowest BCUT2D eigenvalue weighted by Gasteiger charge is -2.09. The molecule has 0 atom stereocenters. The molecule has 0 unspecified atom stereocenters. The Hall–Kier alpha value is -0.520. The standard InChI is InChI=1S/C10H11Cl3N2O2/c11-6-3-7(12)10(8(13)4-6)15-9(16)5-17-2-1-14/h3-4H,1-2,5,14H2,(H,15,16). The van der Waals surface area contributed by atoms with Crippen molar-refractivity contribution in [2.24, 2.45) is 5.73 Å². The van der Waals surface area contributed by atoms with Gasteiger partial charge in [-0.1, -0.05) is 34.8 Å². The number of anilines is 1. The van der Waals surface area contributed by atoms with Gasteiger partial charge in [0.25, 0.3) is 0 Å². The molecule has 0 fully saturated rings. The number of ether oxygens (including phenoxy) is 1. The number of carbonyl (C=O) groups is 1. The second-order valence-corrected chi connectivity index (χ2v) is 4.38. The van der Waals surface area contributed by atoms with Crippen LogP contribution in [0.25, 0.3) is 0 Å². The van der Waals surface area contributed by atoms with Crippen molar-refractivity contribution in [3.05, 3.63) is 27.2 Å². The quantitative estimate of drug-likeness (QED) is 0.821. The number of nitrogens with one attached hydrogen (secondary N) is 1. The lowest BCUT2D eigenvalue weighted by atomic mass is 10.3. The lowest BCUT2D eigenvalue weighted by Crippen LogP contribution is -2.21. The number of hydrogen-bond acceptors (Lipinski definition) is 3. The van der Waals surface area contributed by atoms with Crippen molar-refractivity contribution in [2.45, 2.75) is 0 Å². The number of carbonyl (C=O) groups excluding carboxylic acids is 1. The Morgan fingerprint density at radius 1 is 1.29 bits per heavy atom. The molecule has 94 valence electrons. The Kier molecular flexibility index (Phi) is 6.02. The average molecular weight is 298 g/mol. The van der Waals surface area contributed by atoms with Crippen LogP contribution >= 0.6 is 34.8 Å². The molecule has 0 bridgehead atoms. The highest BCUT2D eigenvalue weighted by molar-refractivity contribution is 6.42. The summed E-state index contributed by atoms with van der Waals surface area (Å²) in [5.41, 5.74) is 5.54. The summed E-state index contributed by atoms with van der Waals surface area (Å²) >= 11 is 17.5. The molecule has 1 aromatic rings. The van der Waals surface area contributed by atoms with E-state index in [0.717, 1.165) is 0 Å². The maximum atomic E-state index is 11.4. The molecule has 1 rings (SSSR count). The number of hydrogen-bond donors (Lipinski definition) is 2. The molecule has 0 aromatic heterocycles. The van der Waals surface area contributed by atoms with E-state index in [2.05, 4.69) is 5.32 Å². The van der Waals surface area contributed by atoms with Gasteiger partial charge >= 0.3 is 0 Å². The van der Waals surface area contributed by atoms with Gasteiger partial charge < -0.3 is 15.8 Å². The molecule has 0 aliphatic rings. The minimum atomic E-state index is -0.357. The number of nitrogens with two attached hydrogens (primary N) is 1. The normalized spacial score (nSPS) is 10.4. The van der Waals surface area contributed by atoms with Gasteiger partial charge in [-0.25, -0.2) is 0 Å². The SMILES string of the molecule is NCCOCC(=O)Nc1c(Cl)cc(Cl)cc1Cl. The van der Waals surface area contributed by atoms with Gasteiger partial charge in [-0.05, 0) is 12.1 Å². The smallest absolute Gasteiger partial charge is 0.250 e. The van der Waals surface area contributed by atoms with Crippen LogP contribution in [0.15, 0.2) is 12.1 Å². The van der Waals surface area contributed by atoms with Crippen molar-refractivity contribution in [1.82, 2.24) is 0 Å². The Balaban J connectivity index is 2.65. The van der Waals surface area contributed by atoms with Crippen LogP contribution in [0.5, 0.6) is 0 Å². The zero-order valence-electron chi connectivity index (χ0n) is 8.80. The van der Waals surface area contributed by atoms with Crippen LogP contribution in [0.4, 0.5) is 5.69 Å². The molecular formula is C10H11Cl3N2O2. The van der Waals surface area contributed by atoms with E-state index >= 15 is 0 Å². The molecular weight excluding hydrogens is 286 g/mol. The predicted octanol–water partition coefficient (Wildman–Crippen LogP) is 2.56. The summed E-state index contributed by atoms with van der Waals surface area (Å²) in [4.78, 5) is 11.4. The number of benzene rings is 1. The molecule has 1 amide bonds. The molecule has 1 aromatic carbocycles. The van der Waals surface area contributed by atoms with Crippen LogP contribution in [0, 0.1) is 0 Å². The van der Waals surface area contributed by atoms with Crippen LogP contribution in [-0.4, -0.2) is 25.7 Å². The molecule has 0 saturated heterocycles. The van der Waals surface area contributed by atoms with Crippen molar-refractivity contribution in [2.75, 3.05) is 25.1 Å². The summed E-state index contributed by atoms with van der Waals surface area (Å²) < 4.78 is 4.97. The van der Waals surface area contributed by atoms with Crippen molar-refractivity contribution in [3.63, 3.8) is 0 Å². The molecule has 3 N–H and O–H groups in total. The van der Waals surface area contributed by atoms with Gasteiger partial charge in [0.2, 0.25) is 5.91 Å². The summed E-state index contributed by atoms with van der Waals surface area (Å²) in [7, 11) is 0. The third kappa shape index (κ3) is 4.69. The first-order valence-electron chi connectivity index (χ1n) is 4.76. The Bertz CT molecular complexity index is 390. The second-order valence-electron chi connectivity index (χ2n) is 3.13. The Morgan fingerprint density at radius 2 is 1.88 bits per heavy atom. The highest BCUT2D eigenvalue weighted by Crippen LogP contribution is 2.33. The highest BCUT2D eigenvalue weighted by Gasteiger charge is 2.11. The van der Waals surface area contributed by atoms with E-state index in [1.165, 1.54) is 12.1 Å². The maximum absolute atomic E-state index is 11.4. The van der Waals surface area contributed by atoms with Gasteiger partial charge in [-0.2, -0.15) is 0 Å². The number of amides is 1. The van der Waals surface area contributed by atoms with E-state index < -0.39 is 0 Å². The van der Waals surface area contributed by atoms with E-state index in [-0.39, 0.29) is 22.6 Å². The van der Waals surface area contributed by atoms with Crippen molar-refractivity contribution in [1.29, 1.82) is 0 Å². The summed E-state index contributed by atoms with van der Waals surface area (Å²) in [6.07, 6.45) is 0. The Morgan fingerprint density at radius 3 is 2.41 bits per heavy atom. The minimum absolute atomic E-state index is 0.105. The Labute approximate surface area is 114 Å². The molecule has 0 saturated carbocycles. The van der Waals surface area contributed by atoms with Gasteiger partial charge in [0.15, 0.2) is 0 Å². The highest BCUT2D eigenvalue weighted by atomic mass is 35.5. The topological polar surface area (TPSA) is 64.3 Å². The maximum Gasteiger partial charge on any atom is 0.250 e. The van der Waals surface area contributed by atoms with Gasteiger partial charge in [0.1, 0.15) is 6.61 Å². The molecule has 0 aliphatic carbocycles. The largest absolute Gasteiger partial charge is 0.370 e. The van der Waals surface area contributed by atoms with Crippen LogP contribution in [-0.2, 0) is 9.53 Å². The zero-order chi connectivity index (χ0) is 12.8. The van der Waals surface area contributed by atoms with Crippen molar-refractivity contribution < 1.29 is 9.53 Å². The van der Waals surface area contributed by atoms with Crippen molar-refractivity contribution >= 4 is 46.4 Å². The molecule has 0 aliphatic heterocycles. The van der Waals surface area contributed by atoms with Crippen LogP contribution in [0.3, 0.4) is 0 Å². The molecule has 0 heterocycles. The van der Waals surface area contributed by atoms with E-state index in [4.69, 9.17) is 45.3 Å². The van der Waals surface area contributed by atoms with Gasteiger partial charge in [-0.15, -0.1) is 0 Å². The first-order chi connectivity index (χ1) is 8.04. The summed E-state index contributed by atoms with van der Waals surface area (Å²) in [5, 5.41) is 3.48. The summed E-state index contributed by atoms with van der Waals surface area (Å²) in [6, 6.07) is 2.98. The molecule has 7 heteroatoms. The third-order valence-electron chi connectivity index (χ3n) is 1.77. The van der Waals surface area contributed by atoms with Gasteiger partial charge in [0.05, 0.1) is 22.3 Å². The first kappa shape index (κ1) is 14.5. The lowest BCUT2D eigenvalue weighted by molar-refractivity contribution is -0.120. The van der Waals surface area contributed by atoms with Gasteiger partial charge in [-0.3, -0.25) is 4.79 Å². The molecule has 0 radical (unpaired) electrons. The van der Waals surface area contributed by atoms with E-state index in [1.807, 2.05) is 0 Å². The average Bonchev–Trinajstić information content (AvgIpc) is 2.24. The third-order valence-corrected chi connectivity index (χ3v) is 2.58. The van der Waals surface area contributed by atoms with E-state index in [9.17, 15) is 4.79 Å². The van der Waals surface area contributed by atoms with Crippen LogP contribution in [0.2, 0.25) is 15.1 Å². The van der Waals surface area contributed by atoms with Gasteiger partial charge in [0, 0.05) is 11.6 Å². The summed E-state index contributed by atoms with van der Waals surface area (Å²) in [6.45, 7) is 0.567. The van der Waals surface area contributed by atoms with Crippen LogP contribution < -0.4 is 11.1 Å². The zero-order valence-corrected chi connectivity index (χ0v) is 11.1. The summed E-state index contributed by atoms with van der Waals surface area (Å²) in [5.74, 6) is -0.357. The molecule has 0 spiro atoms. The fourth-order valence-electron chi connectivity index (χ4n) is 1.09.